The molecule has 6 heteroatoms. The minimum Gasteiger partial charge on any atom is -0.506 e. The van der Waals surface area contributed by atoms with Crippen molar-refractivity contribution in [2.75, 3.05) is 25.0 Å². The molecule has 2 amide bonds. The molecule has 1 saturated heterocycles. The number of aryl methyl sites for hydroxylation is 1. The van der Waals surface area contributed by atoms with E-state index in [0.717, 1.165) is 5.56 Å². The molecule has 142 valence electrons. The number of ether oxygens (including phenoxy) is 1. The Kier molecular flexibility index (Phi) is 5.96. The molecule has 0 unspecified atom stereocenters. The van der Waals surface area contributed by atoms with E-state index in [1.165, 1.54) is 6.07 Å². The van der Waals surface area contributed by atoms with Crippen LogP contribution in [-0.2, 0) is 9.59 Å². The molecule has 1 aliphatic rings. The molecule has 1 heterocycles. The highest BCUT2D eigenvalue weighted by Crippen LogP contribution is 2.25. The Morgan fingerprint density at radius 2 is 1.89 bits per heavy atom. The minimum absolute atomic E-state index is 0.00178. The van der Waals surface area contributed by atoms with E-state index in [0.29, 0.717) is 37.4 Å². The number of hydrogen-bond donors (Lipinski definition) is 2. The monoisotopic (exact) mass is 368 g/mol. The van der Waals surface area contributed by atoms with Crippen molar-refractivity contribution in [1.29, 1.82) is 0 Å². The third kappa shape index (κ3) is 5.00. The van der Waals surface area contributed by atoms with Crippen molar-refractivity contribution in [3.63, 3.8) is 0 Å². The number of aromatic hydroxyl groups is 1. The van der Waals surface area contributed by atoms with Gasteiger partial charge in [0.05, 0.1) is 5.69 Å². The molecule has 3 rings (SSSR count). The Balaban J connectivity index is 1.46. The number of para-hydroxylation sites is 2. The first-order valence-corrected chi connectivity index (χ1v) is 9.09. The number of likely N-dealkylation sites (tertiary alicyclic amines) is 1. The predicted molar refractivity (Wildman–Crippen MR) is 103 cm³/mol. The van der Waals surface area contributed by atoms with Gasteiger partial charge in [0, 0.05) is 19.0 Å². The maximum atomic E-state index is 12.4. The number of rotatable bonds is 5. The SMILES string of the molecule is Cc1cccc(OCC(=O)N2CCC(C(=O)Nc3ccccc3O)CC2)c1. The second-order valence-corrected chi connectivity index (χ2v) is 6.77. The van der Waals surface area contributed by atoms with Gasteiger partial charge < -0.3 is 20.1 Å². The van der Waals surface area contributed by atoms with Gasteiger partial charge in [0.2, 0.25) is 5.91 Å². The fourth-order valence-corrected chi connectivity index (χ4v) is 3.15. The van der Waals surface area contributed by atoms with E-state index in [2.05, 4.69) is 5.32 Å². The first-order valence-electron chi connectivity index (χ1n) is 9.09. The standard InChI is InChI=1S/C21H24N2O4/c1-15-5-4-6-17(13-15)27-14-20(25)23-11-9-16(10-12-23)21(26)22-18-7-2-3-8-19(18)24/h2-8,13,16,24H,9-12,14H2,1H3,(H,22,26). The van der Waals surface area contributed by atoms with Crippen LogP contribution in [0.4, 0.5) is 5.69 Å². The lowest BCUT2D eigenvalue weighted by Crippen LogP contribution is -2.43. The van der Waals surface area contributed by atoms with Crippen LogP contribution in [0.15, 0.2) is 48.5 Å². The Morgan fingerprint density at radius 3 is 2.59 bits per heavy atom. The highest BCUT2D eigenvalue weighted by molar-refractivity contribution is 5.94. The maximum absolute atomic E-state index is 12.4. The van der Waals surface area contributed by atoms with Gasteiger partial charge in [-0.3, -0.25) is 9.59 Å². The molecule has 6 nitrogen and oxygen atoms in total. The molecular formula is C21H24N2O4. The molecule has 1 fully saturated rings. The number of anilines is 1. The van der Waals surface area contributed by atoms with Crippen LogP contribution in [-0.4, -0.2) is 41.5 Å². The Morgan fingerprint density at radius 1 is 1.15 bits per heavy atom. The van der Waals surface area contributed by atoms with Crippen LogP contribution in [0.3, 0.4) is 0 Å². The number of carbonyl (C=O) groups is 2. The van der Waals surface area contributed by atoms with E-state index in [1.807, 2.05) is 31.2 Å². The normalized spacial score (nSPS) is 14.6. The molecule has 0 saturated carbocycles. The maximum Gasteiger partial charge on any atom is 0.260 e. The largest absolute Gasteiger partial charge is 0.506 e. The van der Waals surface area contributed by atoms with E-state index >= 15 is 0 Å². The third-order valence-corrected chi connectivity index (χ3v) is 4.73. The highest BCUT2D eigenvalue weighted by Gasteiger charge is 2.27. The average molecular weight is 368 g/mol. The molecule has 2 aromatic rings. The van der Waals surface area contributed by atoms with E-state index in [9.17, 15) is 14.7 Å². The van der Waals surface area contributed by atoms with Crippen molar-refractivity contribution in [2.45, 2.75) is 19.8 Å². The van der Waals surface area contributed by atoms with Crippen molar-refractivity contribution in [2.24, 2.45) is 5.92 Å². The summed E-state index contributed by atoms with van der Waals surface area (Å²) >= 11 is 0. The van der Waals surface area contributed by atoms with Gasteiger partial charge in [-0.05, 0) is 49.6 Å². The zero-order valence-corrected chi connectivity index (χ0v) is 15.4. The number of benzene rings is 2. The zero-order chi connectivity index (χ0) is 19.2. The molecule has 0 aromatic heterocycles. The molecular weight excluding hydrogens is 344 g/mol. The molecule has 1 aliphatic heterocycles. The molecule has 2 N–H and O–H groups in total. The van der Waals surface area contributed by atoms with Crippen LogP contribution in [0.1, 0.15) is 18.4 Å². The van der Waals surface area contributed by atoms with E-state index in [1.54, 1.807) is 23.1 Å². The quantitative estimate of drug-likeness (QED) is 0.796. The first kappa shape index (κ1) is 18.8. The fraction of sp³-hybridized carbons (Fsp3) is 0.333. The summed E-state index contributed by atoms with van der Waals surface area (Å²) in [5, 5.41) is 12.5. The summed E-state index contributed by atoms with van der Waals surface area (Å²) in [4.78, 5) is 26.5. The summed E-state index contributed by atoms with van der Waals surface area (Å²) in [5.41, 5.74) is 1.49. The zero-order valence-electron chi connectivity index (χ0n) is 15.4. The van der Waals surface area contributed by atoms with Gasteiger partial charge in [0.1, 0.15) is 11.5 Å². The average Bonchev–Trinajstić information content (AvgIpc) is 2.68. The first-order chi connectivity index (χ1) is 13.0. The van der Waals surface area contributed by atoms with Crippen molar-refractivity contribution in [3.8, 4) is 11.5 Å². The van der Waals surface area contributed by atoms with E-state index < -0.39 is 0 Å². The second-order valence-electron chi connectivity index (χ2n) is 6.77. The van der Waals surface area contributed by atoms with Gasteiger partial charge in [-0.1, -0.05) is 24.3 Å². The molecule has 0 atom stereocenters. The molecule has 0 spiro atoms. The predicted octanol–water partition coefficient (Wildman–Crippen LogP) is 2.96. The van der Waals surface area contributed by atoms with Gasteiger partial charge in [-0.15, -0.1) is 0 Å². The Labute approximate surface area is 158 Å². The summed E-state index contributed by atoms with van der Waals surface area (Å²) in [6.45, 7) is 3.02. The molecule has 2 aromatic carbocycles. The molecule has 27 heavy (non-hydrogen) atoms. The van der Waals surface area contributed by atoms with Crippen molar-refractivity contribution in [3.05, 3.63) is 54.1 Å². The van der Waals surface area contributed by atoms with Crippen molar-refractivity contribution in [1.82, 2.24) is 4.90 Å². The Bertz CT molecular complexity index is 813. The lowest BCUT2D eigenvalue weighted by atomic mass is 9.95. The second kappa shape index (κ2) is 8.58. The summed E-state index contributed by atoms with van der Waals surface area (Å²) < 4.78 is 5.57. The molecule has 0 aliphatic carbocycles. The van der Waals surface area contributed by atoms with Gasteiger partial charge in [0.15, 0.2) is 6.61 Å². The van der Waals surface area contributed by atoms with Gasteiger partial charge in [0.25, 0.3) is 5.91 Å². The topological polar surface area (TPSA) is 78.9 Å². The lowest BCUT2D eigenvalue weighted by Gasteiger charge is -2.31. The third-order valence-electron chi connectivity index (χ3n) is 4.73. The van der Waals surface area contributed by atoms with Gasteiger partial charge >= 0.3 is 0 Å². The number of phenols is 1. The number of amides is 2. The smallest absolute Gasteiger partial charge is 0.260 e. The van der Waals surface area contributed by atoms with E-state index in [-0.39, 0.29) is 30.1 Å². The van der Waals surface area contributed by atoms with Gasteiger partial charge in [-0.2, -0.15) is 0 Å². The van der Waals surface area contributed by atoms with Gasteiger partial charge in [-0.25, -0.2) is 0 Å². The summed E-state index contributed by atoms with van der Waals surface area (Å²) in [6.07, 6.45) is 1.19. The number of carbonyl (C=O) groups excluding carboxylic acids is 2. The molecule has 0 bridgehead atoms. The van der Waals surface area contributed by atoms with Crippen LogP contribution in [0.25, 0.3) is 0 Å². The lowest BCUT2D eigenvalue weighted by molar-refractivity contribution is -0.136. The summed E-state index contributed by atoms with van der Waals surface area (Å²) in [7, 11) is 0. The van der Waals surface area contributed by atoms with Crippen LogP contribution in [0, 0.1) is 12.8 Å². The molecule has 0 radical (unpaired) electrons. The number of nitrogens with one attached hydrogen (secondary N) is 1. The van der Waals surface area contributed by atoms with Crippen LogP contribution in [0.5, 0.6) is 11.5 Å². The van der Waals surface area contributed by atoms with Crippen molar-refractivity contribution >= 4 is 17.5 Å². The van der Waals surface area contributed by atoms with E-state index in [4.69, 9.17) is 4.74 Å². The number of hydrogen-bond acceptors (Lipinski definition) is 4. The Hall–Kier alpha value is -3.02. The van der Waals surface area contributed by atoms with Crippen LogP contribution < -0.4 is 10.1 Å². The number of phenolic OH excluding ortho intramolecular Hbond substituents is 1. The number of nitrogens with zero attached hydrogens (tertiary/aromatic N) is 1. The van der Waals surface area contributed by atoms with Crippen molar-refractivity contribution < 1.29 is 19.4 Å². The fourth-order valence-electron chi connectivity index (χ4n) is 3.15. The van der Waals surface area contributed by atoms with Crippen LogP contribution >= 0.6 is 0 Å². The summed E-state index contributed by atoms with van der Waals surface area (Å²) in [5.74, 6) is 0.356. The summed E-state index contributed by atoms with van der Waals surface area (Å²) in [6, 6.07) is 14.2. The minimum atomic E-state index is -0.175. The number of piperidine rings is 1. The highest BCUT2D eigenvalue weighted by atomic mass is 16.5. The van der Waals surface area contributed by atoms with Crippen LogP contribution in [0.2, 0.25) is 0 Å².